The van der Waals surface area contributed by atoms with Crippen molar-refractivity contribution in [3.8, 4) is 0 Å². The van der Waals surface area contributed by atoms with Gasteiger partial charge in [-0.25, -0.2) is 0 Å². The van der Waals surface area contributed by atoms with E-state index in [-0.39, 0.29) is 0 Å². The Morgan fingerprint density at radius 1 is 1.40 bits per heavy atom. The second-order valence-electron chi connectivity index (χ2n) is 5.34. The molecule has 1 heterocycles. The topological polar surface area (TPSA) is 18.5 Å². The molecule has 1 N–H and O–H groups in total. The van der Waals surface area contributed by atoms with Crippen LogP contribution in [0, 0.1) is 5.92 Å². The number of nitrogens with one attached hydrogen (secondary N) is 1. The summed E-state index contributed by atoms with van der Waals surface area (Å²) in [6, 6.07) is 1.41. The Morgan fingerprint density at radius 2 is 2.07 bits per heavy atom. The highest BCUT2D eigenvalue weighted by molar-refractivity contribution is 4.86. The van der Waals surface area contributed by atoms with Crippen molar-refractivity contribution in [1.82, 2.24) is 15.1 Å². The molecule has 2 atom stereocenters. The monoisotopic (exact) mass is 213 g/mol. The molecule has 0 bridgehead atoms. The molecule has 1 fully saturated rings. The lowest BCUT2D eigenvalue weighted by Crippen LogP contribution is -2.45. The average Bonchev–Trinajstić information content (AvgIpc) is 2.61. The number of hydrogen-bond donors (Lipinski definition) is 1. The van der Waals surface area contributed by atoms with Crippen molar-refractivity contribution < 1.29 is 0 Å². The van der Waals surface area contributed by atoms with Crippen molar-refractivity contribution in [2.75, 3.05) is 40.8 Å². The summed E-state index contributed by atoms with van der Waals surface area (Å²) in [5.74, 6) is 0.739. The predicted molar refractivity (Wildman–Crippen MR) is 66.2 cm³/mol. The zero-order chi connectivity index (χ0) is 11.4. The molecule has 0 aromatic carbocycles. The predicted octanol–water partition coefficient (Wildman–Crippen LogP) is 0.866. The van der Waals surface area contributed by atoms with Gasteiger partial charge in [-0.15, -0.1) is 0 Å². The minimum atomic E-state index is 0.702. The molecule has 0 saturated carbocycles. The van der Waals surface area contributed by atoms with Crippen LogP contribution in [0.2, 0.25) is 0 Å². The zero-order valence-corrected chi connectivity index (χ0v) is 11.0. The van der Waals surface area contributed by atoms with Crippen LogP contribution >= 0.6 is 0 Å². The number of likely N-dealkylation sites (tertiary alicyclic amines) is 1. The highest BCUT2D eigenvalue weighted by atomic mass is 15.2. The first kappa shape index (κ1) is 12.9. The highest BCUT2D eigenvalue weighted by Crippen LogP contribution is 2.18. The number of hydrogen-bond acceptors (Lipinski definition) is 3. The Hall–Kier alpha value is -0.120. The van der Waals surface area contributed by atoms with E-state index in [0.29, 0.717) is 12.1 Å². The zero-order valence-electron chi connectivity index (χ0n) is 11.0. The van der Waals surface area contributed by atoms with Crippen molar-refractivity contribution in [2.24, 2.45) is 5.92 Å². The Balaban J connectivity index is 2.50. The maximum atomic E-state index is 3.39. The lowest BCUT2D eigenvalue weighted by Gasteiger charge is -2.33. The molecule has 1 saturated heterocycles. The summed E-state index contributed by atoms with van der Waals surface area (Å²) in [7, 11) is 6.41. The van der Waals surface area contributed by atoms with E-state index in [2.05, 4.69) is 50.1 Å². The summed E-state index contributed by atoms with van der Waals surface area (Å²) >= 11 is 0. The molecule has 1 aliphatic heterocycles. The number of rotatable bonds is 5. The molecule has 1 rings (SSSR count). The van der Waals surface area contributed by atoms with Gasteiger partial charge < -0.3 is 10.2 Å². The van der Waals surface area contributed by atoms with E-state index in [1.807, 2.05) is 0 Å². The third-order valence-corrected chi connectivity index (χ3v) is 3.42. The van der Waals surface area contributed by atoms with Crippen LogP contribution in [-0.4, -0.2) is 62.7 Å². The van der Waals surface area contributed by atoms with Gasteiger partial charge in [0.2, 0.25) is 0 Å². The van der Waals surface area contributed by atoms with Gasteiger partial charge in [0, 0.05) is 31.7 Å². The third kappa shape index (κ3) is 3.74. The van der Waals surface area contributed by atoms with Crippen LogP contribution in [-0.2, 0) is 0 Å². The van der Waals surface area contributed by atoms with Crippen LogP contribution in [0.3, 0.4) is 0 Å². The van der Waals surface area contributed by atoms with Crippen LogP contribution < -0.4 is 5.32 Å². The SMILES string of the molecule is CNC1CCN(C(CN(C)C)C(C)C)C1. The first-order valence-corrected chi connectivity index (χ1v) is 6.10. The summed E-state index contributed by atoms with van der Waals surface area (Å²) in [5.41, 5.74) is 0. The van der Waals surface area contributed by atoms with Gasteiger partial charge in [0.15, 0.2) is 0 Å². The minimum absolute atomic E-state index is 0.702. The second-order valence-corrected chi connectivity index (χ2v) is 5.34. The number of likely N-dealkylation sites (N-methyl/N-ethyl adjacent to an activating group) is 2. The van der Waals surface area contributed by atoms with E-state index in [1.54, 1.807) is 0 Å². The van der Waals surface area contributed by atoms with E-state index >= 15 is 0 Å². The van der Waals surface area contributed by atoms with Crippen LogP contribution in [0.1, 0.15) is 20.3 Å². The summed E-state index contributed by atoms with van der Waals surface area (Å²) in [4.78, 5) is 4.95. The van der Waals surface area contributed by atoms with Gasteiger partial charge in [0.25, 0.3) is 0 Å². The molecular formula is C12H27N3. The Bertz CT molecular complexity index is 180. The Kier molecular flexibility index (Phi) is 5.03. The maximum absolute atomic E-state index is 3.39. The quantitative estimate of drug-likeness (QED) is 0.731. The van der Waals surface area contributed by atoms with E-state index in [0.717, 1.165) is 5.92 Å². The van der Waals surface area contributed by atoms with E-state index in [9.17, 15) is 0 Å². The lowest BCUT2D eigenvalue weighted by atomic mass is 10.0. The highest BCUT2D eigenvalue weighted by Gasteiger charge is 2.29. The summed E-state index contributed by atoms with van der Waals surface area (Å²) in [5, 5.41) is 3.39. The molecule has 0 radical (unpaired) electrons. The molecule has 0 aromatic heterocycles. The average molecular weight is 213 g/mol. The molecule has 3 nitrogen and oxygen atoms in total. The molecule has 1 aliphatic rings. The van der Waals surface area contributed by atoms with Gasteiger partial charge in [-0.3, -0.25) is 4.90 Å². The van der Waals surface area contributed by atoms with E-state index < -0.39 is 0 Å². The van der Waals surface area contributed by atoms with E-state index in [4.69, 9.17) is 0 Å². The minimum Gasteiger partial charge on any atom is -0.316 e. The molecule has 3 heteroatoms. The normalized spacial score (nSPS) is 25.4. The Labute approximate surface area is 94.8 Å². The third-order valence-electron chi connectivity index (χ3n) is 3.42. The summed E-state index contributed by atoms with van der Waals surface area (Å²) in [6.45, 7) is 8.31. The molecular weight excluding hydrogens is 186 g/mol. The van der Waals surface area contributed by atoms with Crippen LogP contribution in [0.5, 0.6) is 0 Å². The molecule has 2 unspecified atom stereocenters. The standard InChI is InChI=1S/C12H27N3/c1-10(2)12(9-14(4)5)15-7-6-11(8-15)13-3/h10-13H,6-9H2,1-5H3. The summed E-state index contributed by atoms with van der Waals surface area (Å²) < 4.78 is 0. The Morgan fingerprint density at radius 3 is 2.47 bits per heavy atom. The van der Waals surface area contributed by atoms with Crippen LogP contribution in [0.15, 0.2) is 0 Å². The van der Waals surface area contributed by atoms with Gasteiger partial charge in [0.05, 0.1) is 0 Å². The fourth-order valence-electron chi connectivity index (χ4n) is 2.45. The van der Waals surface area contributed by atoms with Crippen molar-refractivity contribution in [2.45, 2.75) is 32.4 Å². The van der Waals surface area contributed by atoms with Gasteiger partial charge in [0.1, 0.15) is 0 Å². The van der Waals surface area contributed by atoms with Gasteiger partial charge in [-0.1, -0.05) is 13.8 Å². The van der Waals surface area contributed by atoms with Gasteiger partial charge in [-0.2, -0.15) is 0 Å². The van der Waals surface area contributed by atoms with Crippen molar-refractivity contribution in [3.05, 3.63) is 0 Å². The fraction of sp³-hybridized carbons (Fsp3) is 1.00. The molecule has 0 spiro atoms. The smallest absolute Gasteiger partial charge is 0.0246 e. The first-order valence-electron chi connectivity index (χ1n) is 6.10. The van der Waals surface area contributed by atoms with E-state index in [1.165, 1.54) is 26.1 Å². The van der Waals surface area contributed by atoms with Crippen LogP contribution in [0.4, 0.5) is 0 Å². The maximum Gasteiger partial charge on any atom is 0.0246 e. The molecule has 15 heavy (non-hydrogen) atoms. The molecule has 90 valence electrons. The van der Waals surface area contributed by atoms with Crippen molar-refractivity contribution in [1.29, 1.82) is 0 Å². The number of nitrogens with zero attached hydrogens (tertiary/aromatic N) is 2. The van der Waals surface area contributed by atoms with Gasteiger partial charge >= 0.3 is 0 Å². The lowest BCUT2D eigenvalue weighted by molar-refractivity contribution is 0.150. The van der Waals surface area contributed by atoms with Crippen molar-refractivity contribution in [3.63, 3.8) is 0 Å². The fourth-order valence-corrected chi connectivity index (χ4v) is 2.45. The molecule has 0 amide bonds. The second kappa shape index (κ2) is 5.83. The largest absolute Gasteiger partial charge is 0.316 e. The summed E-state index contributed by atoms with van der Waals surface area (Å²) in [6.07, 6.45) is 1.30. The first-order chi connectivity index (χ1) is 7.04. The molecule has 0 aromatic rings. The molecule has 0 aliphatic carbocycles. The van der Waals surface area contributed by atoms with Crippen molar-refractivity contribution >= 4 is 0 Å². The van der Waals surface area contributed by atoms with Gasteiger partial charge in [-0.05, 0) is 33.5 Å². The van der Waals surface area contributed by atoms with Crippen LogP contribution in [0.25, 0.3) is 0 Å².